The molecule has 1 spiro atoms. The van der Waals surface area contributed by atoms with Crippen molar-refractivity contribution in [3.63, 3.8) is 0 Å². The molecule has 1 aromatic carbocycles. The smallest absolute Gasteiger partial charge is 0.319 e. The molecule has 1 atom stereocenters. The molecule has 6 rings (SSSR count). The summed E-state index contributed by atoms with van der Waals surface area (Å²) in [6, 6.07) is 9.85. The minimum absolute atomic E-state index is 0.220. The van der Waals surface area contributed by atoms with Gasteiger partial charge in [0.15, 0.2) is 5.78 Å². The minimum Gasteiger partial charge on any atom is -0.319 e. The van der Waals surface area contributed by atoms with Crippen LogP contribution in [0.5, 0.6) is 0 Å². The van der Waals surface area contributed by atoms with E-state index in [1.807, 2.05) is 31.4 Å². The normalized spacial score (nSPS) is 21.2. The number of fused-ring (bicyclic) bond motifs is 3. The van der Waals surface area contributed by atoms with Gasteiger partial charge in [0.25, 0.3) is 5.91 Å². The Balaban J connectivity index is 1.29. The van der Waals surface area contributed by atoms with E-state index in [9.17, 15) is 14.4 Å². The second kappa shape index (κ2) is 7.67. The standard InChI is InChI=1S/C27H27N3O3S/c1-16-13-21(17(2)30(16)20-9-8-18-5-3-6-19(18)14-20)23(31)15-29-25(32)27(28-26(29)33)11-4-7-24-22(27)10-12-34-24/h8-10,12-14H,3-7,11,15H2,1-2H3,(H,28,33). The van der Waals surface area contributed by atoms with Crippen LogP contribution in [-0.2, 0) is 29.6 Å². The number of Topliss-reactive ketones (excluding diaryl/α,β-unsaturated/α-hetero) is 1. The number of ketones is 1. The molecular weight excluding hydrogens is 446 g/mol. The van der Waals surface area contributed by atoms with Gasteiger partial charge in [-0.1, -0.05) is 6.07 Å². The Bertz CT molecular complexity index is 1370. The number of hydrogen-bond donors (Lipinski definition) is 1. The van der Waals surface area contributed by atoms with Crippen LogP contribution in [0.1, 0.15) is 62.6 Å². The van der Waals surface area contributed by atoms with E-state index in [1.165, 1.54) is 17.5 Å². The number of imide groups is 1. The van der Waals surface area contributed by atoms with Crippen molar-refractivity contribution in [3.8, 4) is 5.69 Å². The third kappa shape index (κ3) is 3.03. The number of benzene rings is 1. The van der Waals surface area contributed by atoms with Crippen molar-refractivity contribution < 1.29 is 14.4 Å². The summed E-state index contributed by atoms with van der Waals surface area (Å²) in [5.74, 6) is -0.528. The molecule has 7 heteroatoms. The van der Waals surface area contributed by atoms with Gasteiger partial charge in [0, 0.05) is 33.1 Å². The van der Waals surface area contributed by atoms with Crippen LogP contribution in [0.2, 0.25) is 0 Å². The monoisotopic (exact) mass is 473 g/mol. The first-order valence-electron chi connectivity index (χ1n) is 11.9. The molecule has 3 aromatic rings. The summed E-state index contributed by atoms with van der Waals surface area (Å²) in [6.07, 6.45) is 5.73. The number of carbonyl (C=O) groups excluding carboxylic acids is 3. The SMILES string of the molecule is Cc1cc(C(=O)CN2C(=O)NC3(CCCc4sccc43)C2=O)c(C)n1-c1ccc2c(c1)CCC2. The Morgan fingerprint density at radius 3 is 2.74 bits per heavy atom. The molecule has 174 valence electrons. The Morgan fingerprint density at radius 1 is 1.06 bits per heavy atom. The minimum atomic E-state index is -1.02. The summed E-state index contributed by atoms with van der Waals surface area (Å²) in [5, 5.41) is 4.91. The molecule has 1 N–H and O–H groups in total. The molecule has 1 unspecified atom stereocenters. The van der Waals surface area contributed by atoms with Crippen LogP contribution in [-0.4, -0.2) is 33.7 Å². The molecule has 1 fully saturated rings. The number of rotatable bonds is 4. The van der Waals surface area contributed by atoms with Gasteiger partial charge in [-0.3, -0.25) is 14.5 Å². The van der Waals surface area contributed by atoms with Gasteiger partial charge < -0.3 is 9.88 Å². The molecule has 0 bridgehead atoms. The first-order valence-corrected chi connectivity index (χ1v) is 12.8. The molecule has 3 heterocycles. The van der Waals surface area contributed by atoms with Crippen molar-refractivity contribution in [2.45, 2.75) is 57.9 Å². The number of amides is 3. The number of nitrogens with zero attached hydrogens (tertiary/aromatic N) is 2. The van der Waals surface area contributed by atoms with Crippen LogP contribution in [0.4, 0.5) is 4.79 Å². The first-order chi connectivity index (χ1) is 16.4. The van der Waals surface area contributed by atoms with E-state index in [-0.39, 0.29) is 18.2 Å². The number of aryl methyl sites for hydroxylation is 4. The van der Waals surface area contributed by atoms with Gasteiger partial charge >= 0.3 is 6.03 Å². The van der Waals surface area contributed by atoms with Crippen LogP contribution in [0.3, 0.4) is 0 Å². The lowest BCUT2D eigenvalue weighted by molar-refractivity contribution is -0.131. The molecule has 0 radical (unpaired) electrons. The van der Waals surface area contributed by atoms with Crippen LogP contribution in [0.25, 0.3) is 5.69 Å². The van der Waals surface area contributed by atoms with E-state index in [0.29, 0.717) is 12.0 Å². The third-order valence-corrected chi connectivity index (χ3v) is 8.69. The first kappa shape index (κ1) is 21.4. The van der Waals surface area contributed by atoms with Gasteiger partial charge in [0.2, 0.25) is 0 Å². The number of aromatic nitrogens is 1. The second-order valence-corrected chi connectivity index (χ2v) is 10.7. The van der Waals surface area contributed by atoms with Crippen molar-refractivity contribution in [3.05, 3.63) is 74.2 Å². The highest BCUT2D eigenvalue weighted by molar-refractivity contribution is 7.10. The zero-order valence-electron chi connectivity index (χ0n) is 19.4. The summed E-state index contributed by atoms with van der Waals surface area (Å²) in [7, 11) is 0. The van der Waals surface area contributed by atoms with Crippen LogP contribution >= 0.6 is 11.3 Å². The Hall–Kier alpha value is -3.19. The average Bonchev–Trinajstić information content (AvgIpc) is 3.58. The van der Waals surface area contributed by atoms with Crippen molar-refractivity contribution in [2.24, 2.45) is 0 Å². The maximum Gasteiger partial charge on any atom is 0.325 e. The highest BCUT2D eigenvalue weighted by Crippen LogP contribution is 2.42. The zero-order valence-corrected chi connectivity index (χ0v) is 20.3. The summed E-state index contributed by atoms with van der Waals surface area (Å²) in [6.45, 7) is 3.67. The van der Waals surface area contributed by atoms with Gasteiger partial charge in [-0.05, 0) is 93.1 Å². The largest absolute Gasteiger partial charge is 0.325 e. The molecule has 34 heavy (non-hydrogen) atoms. The van der Waals surface area contributed by atoms with Gasteiger partial charge in [-0.25, -0.2) is 4.79 Å². The summed E-state index contributed by atoms with van der Waals surface area (Å²) < 4.78 is 2.10. The maximum absolute atomic E-state index is 13.5. The third-order valence-electron chi connectivity index (χ3n) is 7.71. The molecule has 2 aliphatic carbocycles. The van der Waals surface area contributed by atoms with E-state index in [1.54, 1.807) is 11.3 Å². The predicted octanol–water partition coefficient (Wildman–Crippen LogP) is 4.61. The summed E-state index contributed by atoms with van der Waals surface area (Å²) in [4.78, 5) is 42.0. The second-order valence-electron chi connectivity index (χ2n) is 9.69. The highest BCUT2D eigenvalue weighted by atomic mass is 32.1. The fourth-order valence-electron chi connectivity index (χ4n) is 6.05. The number of urea groups is 1. The van der Waals surface area contributed by atoms with E-state index in [4.69, 9.17) is 0 Å². The maximum atomic E-state index is 13.5. The molecule has 1 aliphatic heterocycles. The van der Waals surface area contributed by atoms with E-state index in [0.717, 1.165) is 58.1 Å². The fourth-order valence-corrected chi connectivity index (χ4v) is 7.05. The zero-order chi connectivity index (χ0) is 23.6. The molecule has 2 aromatic heterocycles. The topological polar surface area (TPSA) is 71.4 Å². The Morgan fingerprint density at radius 2 is 1.88 bits per heavy atom. The quantitative estimate of drug-likeness (QED) is 0.444. The predicted molar refractivity (Wildman–Crippen MR) is 131 cm³/mol. The van der Waals surface area contributed by atoms with Crippen molar-refractivity contribution in [1.82, 2.24) is 14.8 Å². The van der Waals surface area contributed by atoms with E-state index < -0.39 is 11.6 Å². The van der Waals surface area contributed by atoms with Gasteiger partial charge in [-0.15, -0.1) is 11.3 Å². The van der Waals surface area contributed by atoms with Gasteiger partial charge in [0.05, 0.1) is 6.54 Å². The van der Waals surface area contributed by atoms with Crippen LogP contribution in [0.15, 0.2) is 35.7 Å². The molecule has 6 nitrogen and oxygen atoms in total. The number of hydrogen-bond acceptors (Lipinski definition) is 4. The summed E-state index contributed by atoms with van der Waals surface area (Å²) in [5.41, 5.74) is 6.06. The lowest BCUT2D eigenvalue weighted by Gasteiger charge is -2.31. The molecule has 3 aliphatic rings. The van der Waals surface area contributed by atoms with Crippen molar-refractivity contribution in [2.75, 3.05) is 6.54 Å². The highest BCUT2D eigenvalue weighted by Gasteiger charge is 2.54. The van der Waals surface area contributed by atoms with E-state index in [2.05, 4.69) is 28.1 Å². The summed E-state index contributed by atoms with van der Waals surface area (Å²) >= 11 is 1.62. The fraction of sp³-hybridized carbons (Fsp3) is 0.370. The lowest BCUT2D eigenvalue weighted by atomic mass is 9.80. The Kier molecular flexibility index (Phi) is 4.81. The van der Waals surface area contributed by atoms with Crippen LogP contribution < -0.4 is 5.32 Å². The number of nitrogens with one attached hydrogen (secondary N) is 1. The van der Waals surface area contributed by atoms with Crippen LogP contribution in [0, 0.1) is 13.8 Å². The Labute approximate surface area is 202 Å². The number of thiophene rings is 1. The molecule has 3 amide bonds. The molecule has 0 saturated carbocycles. The van der Waals surface area contributed by atoms with E-state index >= 15 is 0 Å². The molecule has 1 saturated heterocycles. The van der Waals surface area contributed by atoms with Gasteiger partial charge in [0.1, 0.15) is 5.54 Å². The van der Waals surface area contributed by atoms with Crippen molar-refractivity contribution in [1.29, 1.82) is 0 Å². The van der Waals surface area contributed by atoms with Gasteiger partial charge in [-0.2, -0.15) is 0 Å². The lowest BCUT2D eigenvalue weighted by Crippen LogP contribution is -2.46. The van der Waals surface area contributed by atoms with Crippen molar-refractivity contribution >= 4 is 29.1 Å². The number of carbonyl (C=O) groups is 3. The molecular formula is C27H27N3O3S. The average molecular weight is 474 g/mol.